The van der Waals surface area contributed by atoms with Gasteiger partial charge in [-0.2, -0.15) is 10.2 Å². The van der Waals surface area contributed by atoms with Gasteiger partial charge in [-0.25, -0.2) is 0 Å². The van der Waals surface area contributed by atoms with E-state index in [1.807, 2.05) is 13.8 Å². The summed E-state index contributed by atoms with van der Waals surface area (Å²) < 4.78 is 0. The quantitative estimate of drug-likeness (QED) is 0.122. The molecule has 0 rings (SSSR count). The van der Waals surface area contributed by atoms with E-state index in [1.165, 1.54) is 0 Å². The van der Waals surface area contributed by atoms with Gasteiger partial charge < -0.3 is 27.9 Å². The average molecular weight is 399 g/mol. The molecule has 0 aliphatic carbocycles. The zero-order valence-corrected chi connectivity index (χ0v) is 18.5. The minimum Gasteiger partial charge on any atom is -0.386 e. The number of rotatable bonds is 13. The van der Waals surface area contributed by atoms with Crippen LogP contribution < -0.4 is 23.2 Å². The van der Waals surface area contributed by atoms with Crippen molar-refractivity contribution in [2.24, 2.45) is 44.2 Å². The Morgan fingerprint density at radius 2 is 1.36 bits per heavy atom. The molecule has 0 saturated carbocycles. The molecule has 0 aliphatic heterocycles. The van der Waals surface area contributed by atoms with Gasteiger partial charge >= 0.3 is 0 Å². The molecule has 0 aliphatic rings. The summed E-state index contributed by atoms with van der Waals surface area (Å²) in [7, 11) is 0. The molecule has 0 aromatic heterocycles. The van der Waals surface area contributed by atoms with E-state index in [1.54, 1.807) is 0 Å². The number of aldehydes is 1. The summed E-state index contributed by atoms with van der Waals surface area (Å²) in [4.78, 5) is 21.6. The Hall–Kier alpha value is -2.12. The average Bonchev–Trinajstić information content (AvgIpc) is 2.62. The number of amidine groups is 2. The Morgan fingerprint density at radius 1 is 0.893 bits per heavy atom. The molecule has 0 bridgehead atoms. The molecule has 0 fully saturated rings. The molecule has 0 aromatic carbocycles. The third-order valence-corrected chi connectivity index (χ3v) is 4.48. The lowest BCUT2D eigenvalue weighted by molar-refractivity contribution is -0.119. The first-order valence-corrected chi connectivity index (χ1v) is 9.92. The van der Waals surface area contributed by atoms with Crippen molar-refractivity contribution in [3.63, 3.8) is 0 Å². The molecule has 0 heterocycles. The number of nitrogens with two attached hydrogens (primary N) is 4. The first-order chi connectivity index (χ1) is 12.9. The maximum atomic E-state index is 11.5. The van der Waals surface area contributed by atoms with Crippen molar-refractivity contribution < 1.29 is 9.59 Å². The van der Waals surface area contributed by atoms with Gasteiger partial charge in [0.2, 0.25) is 0 Å². The van der Waals surface area contributed by atoms with Crippen LogP contribution in [-0.2, 0) is 9.59 Å². The minimum absolute atomic E-state index is 0.00513. The van der Waals surface area contributed by atoms with Crippen molar-refractivity contribution in [1.82, 2.24) is 0 Å². The number of unbranched alkanes of at least 4 members (excludes halogenated alkanes) is 1. The highest BCUT2D eigenvalue weighted by molar-refractivity contribution is 5.81. The van der Waals surface area contributed by atoms with Gasteiger partial charge in [0.25, 0.3) is 0 Å². The Balaban J connectivity index is 0. The van der Waals surface area contributed by atoms with Crippen LogP contribution in [0.1, 0.15) is 92.4 Å². The van der Waals surface area contributed by atoms with Gasteiger partial charge in [-0.15, -0.1) is 0 Å². The first kappa shape index (κ1) is 28.1. The Labute approximate surface area is 170 Å². The van der Waals surface area contributed by atoms with E-state index in [-0.39, 0.29) is 10.8 Å². The highest BCUT2D eigenvalue weighted by Gasteiger charge is 2.21. The summed E-state index contributed by atoms with van der Waals surface area (Å²) in [6.45, 7) is 10.3. The number of carbonyl (C=O) groups is 2. The van der Waals surface area contributed by atoms with Crippen LogP contribution in [0.15, 0.2) is 10.2 Å². The van der Waals surface area contributed by atoms with E-state index < -0.39 is 0 Å². The lowest BCUT2D eigenvalue weighted by Crippen LogP contribution is -2.24. The monoisotopic (exact) mass is 398 g/mol. The zero-order chi connectivity index (χ0) is 22.2. The van der Waals surface area contributed by atoms with E-state index in [2.05, 4.69) is 31.0 Å². The fourth-order valence-corrected chi connectivity index (χ4v) is 2.68. The fourth-order valence-electron chi connectivity index (χ4n) is 2.68. The molecule has 0 unspecified atom stereocenters. The van der Waals surface area contributed by atoms with Gasteiger partial charge in [0, 0.05) is 32.1 Å². The van der Waals surface area contributed by atoms with Crippen LogP contribution in [0.2, 0.25) is 0 Å². The van der Waals surface area contributed by atoms with Gasteiger partial charge in [-0.1, -0.05) is 41.0 Å². The number of ketones is 1. The molecule has 28 heavy (non-hydrogen) atoms. The molecular weight excluding hydrogens is 356 g/mol. The van der Waals surface area contributed by atoms with Gasteiger partial charge in [-0.3, -0.25) is 4.79 Å². The van der Waals surface area contributed by atoms with Crippen LogP contribution >= 0.6 is 0 Å². The molecule has 8 nitrogen and oxygen atoms in total. The molecule has 0 radical (unpaired) electrons. The maximum absolute atomic E-state index is 11.5. The third-order valence-electron chi connectivity index (χ3n) is 4.48. The third kappa shape index (κ3) is 17.3. The van der Waals surface area contributed by atoms with E-state index >= 15 is 0 Å². The standard InChI is InChI=1S/C12H25N3O.C8H17N3O/c1-4-5-6-10(16)7-8-12(2,3)9-11(13)15-14;1-8(2,4-3-5-12)6-7(9)11-10/h4-9,14H2,1-3H3,(H2,13,15);5H,3-4,6,10H2,1-2H3,(H2,9,11). The fraction of sp³-hybridized carbons (Fsp3) is 0.800. The van der Waals surface area contributed by atoms with Gasteiger partial charge in [-0.05, 0) is 30.1 Å². The number of Topliss-reactive ketones (excluding diaryl/α,β-unsaturated/α-hetero) is 1. The smallest absolute Gasteiger partial charge is 0.132 e. The highest BCUT2D eigenvalue weighted by Crippen LogP contribution is 2.27. The maximum Gasteiger partial charge on any atom is 0.132 e. The molecule has 0 saturated heterocycles. The van der Waals surface area contributed by atoms with Gasteiger partial charge in [0.1, 0.15) is 23.7 Å². The summed E-state index contributed by atoms with van der Waals surface area (Å²) in [6.07, 6.45) is 7.80. The minimum atomic E-state index is -0.00513. The molecule has 8 heteroatoms. The zero-order valence-electron chi connectivity index (χ0n) is 18.5. The highest BCUT2D eigenvalue weighted by atomic mass is 16.1. The number of hydrogen-bond acceptors (Lipinski definition) is 6. The van der Waals surface area contributed by atoms with Crippen LogP contribution in [0.3, 0.4) is 0 Å². The van der Waals surface area contributed by atoms with Crippen molar-refractivity contribution in [2.45, 2.75) is 92.4 Å². The Bertz CT molecular complexity index is 513. The topological polar surface area (TPSA) is 163 Å². The summed E-state index contributed by atoms with van der Waals surface area (Å²) in [5, 5.41) is 6.85. The van der Waals surface area contributed by atoms with E-state index in [0.717, 1.165) is 32.0 Å². The summed E-state index contributed by atoms with van der Waals surface area (Å²) in [6, 6.07) is 0. The van der Waals surface area contributed by atoms with Crippen molar-refractivity contribution in [2.75, 3.05) is 0 Å². The van der Waals surface area contributed by atoms with E-state index in [9.17, 15) is 9.59 Å². The van der Waals surface area contributed by atoms with E-state index in [0.29, 0.717) is 49.6 Å². The number of carbonyl (C=O) groups excluding carboxylic acids is 2. The molecule has 0 aromatic rings. The Morgan fingerprint density at radius 3 is 1.75 bits per heavy atom. The predicted molar refractivity (Wildman–Crippen MR) is 117 cm³/mol. The van der Waals surface area contributed by atoms with Crippen molar-refractivity contribution >= 4 is 23.7 Å². The molecule has 0 spiro atoms. The number of nitrogens with zero attached hydrogens (tertiary/aromatic N) is 2. The second kappa shape index (κ2) is 14.9. The normalized spacial score (nSPS) is 12.9. The van der Waals surface area contributed by atoms with Crippen molar-refractivity contribution in [3.05, 3.63) is 0 Å². The SMILES string of the molecule is CC(C)(CCC=O)C/C(N)=N/N.CCCCC(=O)CCC(C)(C)C/C(N)=N/N. The predicted octanol–water partition coefficient (Wildman–Crippen LogP) is 2.79. The van der Waals surface area contributed by atoms with Crippen LogP contribution in [0.25, 0.3) is 0 Å². The first-order valence-electron chi connectivity index (χ1n) is 9.92. The van der Waals surface area contributed by atoms with Crippen LogP contribution in [0.5, 0.6) is 0 Å². The summed E-state index contributed by atoms with van der Waals surface area (Å²) in [5.41, 5.74) is 11.1. The van der Waals surface area contributed by atoms with Crippen molar-refractivity contribution in [1.29, 1.82) is 0 Å². The van der Waals surface area contributed by atoms with E-state index in [4.69, 9.17) is 23.2 Å². The van der Waals surface area contributed by atoms with Crippen molar-refractivity contribution in [3.8, 4) is 0 Å². The molecule has 0 atom stereocenters. The second-order valence-electron chi connectivity index (χ2n) is 8.77. The van der Waals surface area contributed by atoms with Gasteiger partial charge in [0.15, 0.2) is 0 Å². The summed E-state index contributed by atoms with van der Waals surface area (Å²) in [5.74, 6) is 11.3. The second-order valence-corrected chi connectivity index (χ2v) is 8.77. The lowest BCUT2D eigenvalue weighted by Gasteiger charge is -2.23. The molecule has 8 N–H and O–H groups in total. The van der Waals surface area contributed by atoms with Crippen LogP contribution in [0.4, 0.5) is 0 Å². The Kier molecular flexibility index (Phi) is 14.9. The molecule has 164 valence electrons. The van der Waals surface area contributed by atoms with Crippen LogP contribution in [0, 0.1) is 10.8 Å². The summed E-state index contributed by atoms with van der Waals surface area (Å²) >= 11 is 0. The number of hydrogen-bond donors (Lipinski definition) is 4. The molecular formula is C20H42N6O2. The van der Waals surface area contributed by atoms with Crippen LogP contribution in [-0.4, -0.2) is 23.7 Å². The number of hydrazone groups is 2. The molecule has 0 amide bonds. The van der Waals surface area contributed by atoms with Gasteiger partial charge in [0.05, 0.1) is 0 Å². The largest absolute Gasteiger partial charge is 0.386 e. The lowest BCUT2D eigenvalue weighted by atomic mass is 9.83.